The van der Waals surface area contributed by atoms with Crippen molar-refractivity contribution in [2.24, 2.45) is 0 Å². The maximum Gasteiger partial charge on any atom is 0.241 e. The van der Waals surface area contributed by atoms with Gasteiger partial charge in [0.05, 0.1) is 18.6 Å². The van der Waals surface area contributed by atoms with Crippen LogP contribution in [0.15, 0.2) is 77.4 Å². The Bertz CT molecular complexity index is 930. The number of methoxy groups -OCH3 is 1. The van der Waals surface area contributed by atoms with Gasteiger partial charge in [0.2, 0.25) is 10.0 Å². The van der Waals surface area contributed by atoms with Crippen LogP contribution in [0.25, 0.3) is 0 Å². The topological polar surface area (TPSA) is 64.6 Å². The van der Waals surface area contributed by atoms with Crippen molar-refractivity contribution in [1.29, 1.82) is 0 Å². The van der Waals surface area contributed by atoms with Gasteiger partial charge < -0.3 is 9.47 Å². The van der Waals surface area contributed by atoms with Gasteiger partial charge in [0.15, 0.2) is 0 Å². The van der Waals surface area contributed by atoms with Crippen molar-refractivity contribution in [3.05, 3.63) is 83.6 Å². The first-order chi connectivity index (χ1) is 13.3. The van der Waals surface area contributed by atoms with E-state index in [4.69, 9.17) is 9.47 Å². The van der Waals surface area contributed by atoms with Gasteiger partial charge in [-0.3, -0.25) is 0 Å². The fourth-order valence-electron chi connectivity index (χ4n) is 2.69. The number of hydrogen-bond donors (Lipinski definition) is 1. The SMILES string of the molecule is C=C/C(C)=C(/OCC)C(NS(=O)(=O)c1ccc(C)cc1)c1ccc(OC)cc1. The van der Waals surface area contributed by atoms with Crippen LogP contribution in [0.3, 0.4) is 0 Å². The molecule has 0 heterocycles. The summed E-state index contributed by atoms with van der Waals surface area (Å²) in [5.41, 5.74) is 2.48. The largest absolute Gasteiger partial charge is 0.497 e. The summed E-state index contributed by atoms with van der Waals surface area (Å²) in [6.45, 7) is 9.81. The molecule has 2 rings (SSSR count). The predicted octanol–water partition coefficient (Wildman–Crippen LogP) is 4.52. The number of allylic oxidation sites excluding steroid dienone is 2. The molecule has 0 radical (unpaired) electrons. The summed E-state index contributed by atoms with van der Waals surface area (Å²) in [6.07, 6.45) is 1.65. The van der Waals surface area contributed by atoms with Crippen molar-refractivity contribution in [1.82, 2.24) is 4.72 Å². The molecule has 0 amide bonds. The molecule has 2 aromatic carbocycles. The zero-order valence-corrected chi connectivity index (χ0v) is 17.5. The molecule has 0 fully saturated rings. The standard InChI is InChI=1S/C22H27NO4S/c1-6-17(4)22(27-7-2)21(18-10-12-19(26-5)13-11-18)23-28(24,25)20-14-8-16(3)9-15-20/h6,8-15,21,23H,1,7H2,2-5H3/b22-17+. The first-order valence-corrected chi connectivity index (χ1v) is 10.5. The highest BCUT2D eigenvalue weighted by atomic mass is 32.2. The number of hydrogen-bond acceptors (Lipinski definition) is 4. The van der Waals surface area contributed by atoms with Crippen LogP contribution in [0.1, 0.15) is 31.0 Å². The first kappa shape index (κ1) is 21.7. The minimum Gasteiger partial charge on any atom is -0.497 e. The van der Waals surface area contributed by atoms with E-state index in [1.54, 1.807) is 49.6 Å². The maximum atomic E-state index is 13.0. The molecule has 0 aliphatic rings. The lowest BCUT2D eigenvalue weighted by molar-refractivity contribution is 0.202. The quantitative estimate of drug-likeness (QED) is 0.496. The van der Waals surface area contributed by atoms with Crippen LogP contribution in [0.5, 0.6) is 5.75 Å². The minimum absolute atomic E-state index is 0.198. The Morgan fingerprint density at radius 2 is 1.75 bits per heavy atom. The van der Waals surface area contributed by atoms with Crippen molar-refractivity contribution in [3.8, 4) is 5.75 Å². The van der Waals surface area contributed by atoms with Crippen molar-refractivity contribution in [3.63, 3.8) is 0 Å². The van der Waals surface area contributed by atoms with Gasteiger partial charge in [-0.2, -0.15) is 4.72 Å². The van der Waals surface area contributed by atoms with Gasteiger partial charge in [0.1, 0.15) is 17.6 Å². The Balaban J connectivity index is 2.53. The Morgan fingerprint density at radius 3 is 2.25 bits per heavy atom. The van der Waals surface area contributed by atoms with E-state index in [9.17, 15) is 8.42 Å². The van der Waals surface area contributed by atoms with Gasteiger partial charge in [0.25, 0.3) is 0 Å². The van der Waals surface area contributed by atoms with Gasteiger partial charge in [-0.1, -0.05) is 42.5 Å². The third-order valence-corrected chi connectivity index (χ3v) is 5.75. The Labute approximate surface area is 167 Å². The molecule has 28 heavy (non-hydrogen) atoms. The van der Waals surface area contributed by atoms with Gasteiger partial charge in [0, 0.05) is 0 Å². The summed E-state index contributed by atoms with van der Waals surface area (Å²) in [5.74, 6) is 1.20. The molecule has 5 nitrogen and oxygen atoms in total. The van der Waals surface area contributed by atoms with Crippen molar-refractivity contribution >= 4 is 10.0 Å². The van der Waals surface area contributed by atoms with E-state index in [-0.39, 0.29) is 4.90 Å². The molecule has 2 aromatic rings. The number of benzene rings is 2. The molecule has 0 saturated heterocycles. The Morgan fingerprint density at radius 1 is 1.14 bits per heavy atom. The average Bonchev–Trinajstić information content (AvgIpc) is 2.70. The van der Waals surface area contributed by atoms with Gasteiger partial charge in [-0.05, 0) is 56.2 Å². The number of aryl methyl sites for hydroxylation is 1. The number of nitrogens with one attached hydrogen (secondary N) is 1. The predicted molar refractivity (Wildman–Crippen MR) is 112 cm³/mol. The molecule has 0 aliphatic carbocycles. The summed E-state index contributed by atoms with van der Waals surface area (Å²) in [5, 5.41) is 0. The van der Waals surface area contributed by atoms with Crippen LogP contribution in [0.4, 0.5) is 0 Å². The van der Waals surface area contributed by atoms with Crippen LogP contribution in [0.2, 0.25) is 0 Å². The second kappa shape index (κ2) is 9.57. The summed E-state index contributed by atoms with van der Waals surface area (Å²) >= 11 is 0. The van der Waals surface area contributed by atoms with E-state index < -0.39 is 16.1 Å². The van der Waals surface area contributed by atoms with Crippen LogP contribution in [0, 0.1) is 6.92 Å². The number of rotatable bonds is 9. The Hall–Kier alpha value is -2.57. The molecule has 6 heteroatoms. The monoisotopic (exact) mass is 401 g/mol. The highest BCUT2D eigenvalue weighted by molar-refractivity contribution is 7.89. The molecule has 0 spiro atoms. The van der Waals surface area contributed by atoms with E-state index in [1.165, 1.54) is 0 Å². The van der Waals surface area contributed by atoms with E-state index in [0.717, 1.165) is 16.7 Å². The summed E-state index contributed by atoms with van der Waals surface area (Å²) in [4.78, 5) is 0.198. The van der Waals surface area contributed by atoms with Crippen LogP contribution >= 0.6 is 0 Å². The molecular weight excluding hydrogens is 374 g/mol. The summed E-state index contributed by atoms with van der Waals surface area (Å²) in [7, 11) is -2.19. The van der Waals surface area contributed by atoms with E-state index in [1.807, 2.05) is 32.9 Å². The highest BCUT2D eigenvalue weighted by Crippen LogP contribution is 2.29. The molecule has 1 N–H and O–H groups in total. The smallest absolute Gasteiger partial charge is 0.241 e. The number of ether oxygens (including phenoxy) is 2. The summed E-state index contributed by atoms with van der Waals surface area (Å²) in [6, 6.07) is 13.2. The second-order valence-electron chi connectivity index (χ2n) is 6.32. The Kier molecular flexibility index (Phi) is 7.43. The minimum atomic E-state index is -3.77. The third kappa shape index (κ3) is 5.24. The molecule has 0 aromatic heterocycles. The molecule has 0 saturated carbocycles. The molecule has 1 unspecified atom stereocenters. The van der Waals surface area contributed by atoms with Gasteiger partial charge in [-0.25, -0.2) is 8.42 Å². The average molecular weight is 402 g/mol. The molecule has 150 valence electrons. The van der Waals surface area contributed by atoms with E-state index in [2.05, 4.69) is 11.3 Å². The zero-order valence-electron chi connectivity index (χ0n) is 16.7. The van der Waals surface area contributed by atoms with Gasteiger partial charge >= 0.3 is 0 Å². The molecule has 0 bridgehead atoms. The van der Waals surface area contributed by atoms with E-state index >= 15 is 0 Å². The van der Waals surface area contributed by atoms with Gasteiger partial charge in [-0.15, -0.1) is 0 Å². The molecule has 0 aliphatic heterocycles. The summed E-state index contributed by atoms with van der Waals surface area (Å²) < 4.78 is 39.9. The van der Waals surface area contributed by atoms with Crippen LogP contribution in [-0.2, 0) is 14.8 Å². The van der Waals surface area contributed by atoms with Crippen molar-refractivity contribution in [2.45, 2.75) is 31.7 Å². The lowest BCUT2D eigenvalue weighted by Crippen LogP contribution is -2.31. The van der Waals surface area contributed by atoms with E-state index in [0.29, 0.717) is 18.1 Å². The molecule has 1 atom stereocenters. The first-order valence-electron chi connectivity index (χ1n) is 9.01. The number of sulfonamides is 1. The fourth-order valence-corrected chi connectivity index (χ4v) is 3.87. The van der Waals surface area contributed by atoms with Crippen molar-refractivity contribution in [2.75, 3.05) is 13.7 Å². The zero-order chi connectivity index (χ0) is 20.7. The second-order valence-corrected chi connectivity index (χ2v) is 8.04. The third-order valence-electron chi connectivity index (χ3n) is 4.31. The van der Waals surface area contributed by atoms with Crippen LogP contribution < -0.4 is 9.46 Å². The fraction of sp³-hybridized carbons (Fsp3) is 0.273. The highest BCUT2D eigenvalue weighted by Gasteiger charge is 2.27. The lowest BCUT2D eigenvalue weighted by atomic mass is 10.0. The normalized spacial score (nSPS) is 13.4. The van der Waals surface area contributed by atoms with Crippen molar-refractivity contribution < 1.29 is 17.9 Å². The maximum absolute atomic E-state index is 13.0. The molecular formula is C22H27NO4S. The van der Waals surface area contributed by atoms with Crippen LogP contribution in [-0.4, -0.2) is 22.1 Å². The lowest BCUT2D eigenvalue weighted by Gasteiger charge is -2.24.